The van der Waals surface area contributed by atoms with Gasteiger partial charge in [0, 0.05) is 38.4 Å². The monoisotopic (exact) mass is 302 g/mol. The zero-order valence-corrected chi connectivity index (χ0v) is 13.2. The highest BCUT2D eigenvalue weighted by atomic mass is 16.5. The number of hydrogen-bond acceptors (Lipinski definition) is 3. The quantitative estimate of drug-likeness (QED) is 0.645. The topological polar surface area (TPSA) is 44.8 Å². The van der Waals surface area contributed by atoms with E-state index in [-0.39, 0.29) is 6.03 Å². The number of piperazine rings is 1. The van der Waals surface area contributed by atoms with Crippen molar-refractivity contribution in [2.75, 3.05) is 50.8 Å². The van der Waals surface area contributed by atoms with E-state index in [1.165, 1.54) is 5.69 Å². The second-order valence-corrected chi connectivity index (χ2v) is 5.47. The van der Waals surface area contributed by atoms with Crippen molar-refractivity contribution in [1.29, 1.82) is 0 Å². The fourth-order valence-electron chi connectivity index (χ4n) is 2.34. The lowest BCUT2D eigenvalue weighted by atomic mass is 10.2. The summed E-state index contributed by atoms with van der Waals surface area (Å²) in [6.07, 6.45) is 0. The second-order valence-electron chi connectivity index (χ2n) is 5.47. The van der Waals surface area contributed by atoms with Crippen molar-refractivity contribution < 1.29 is 9.53 Å². The van der Waals surface area contributed by atoms with Crippen molar-refractivity contribution >= 4 is 11.7 Å². The molecule has 2 rings (SSSR count). The predicted molar refractivity (Wildman–Crippen MR) is 88.1 cm³/mol. The first-order chi connectivity index (χ1) is 10.7. The van der Waals surface area contributed by atoms with Crippen molar-refractivity contribution in [3.05, 3.63) is 42.5 Å². The number of ether oxygens (including phenoxy) is 1. The van der Waals surface area contributed by atoms with E-state index in [2.05, 4.69) is 35.0 Å². The molecule has 1 aromatic rings. The highest BCUT2D eigenvalue weighted by Crippen LogP contribution is 2.15. The molecule has 1 aliphatic heterocycles. The molecule has 5 nitrogen and oxygen atoms in total. The molecule has 1 N–H and O–H groups in total. The summed E-state index contributed by atoms with van der Waals surface area (Å²) in [5.41, 5.74) is 2.17. The maximum absolute atomic E-state index is 12.1. The first-order valence-electron chi connectivity index (χ1n) is 7.63. The van der Waals surface area contributed by atoms with Crippen molar-refractivity contribution in [1.82, 2.24) is 10.2 Å². The molecule has 0 aromatic heterocycles. The summed E-state index contributed by atoms with van der Waals surface area (Å²) < 4.78 is 5.36. The van der Waals surface area contributed by atoms with E-state index in [9.17, 15) is 4.79 Å². The van der Waals surface area contributed by atoms with Crippen LogP contribution in [0, 0.1) is 6.07 Å². The highest BCUT2D eigenvalue weighted by molar-refractivity contribution is 5.74. The van der Waals surface area contributed by atoms with Crippen LogP contribution >= 0.6 is 0 Å². The minimum Gasteiger partial charge on any atom is -0.375 e. The zero-order valence-electron chi connectivity index (χ0n) is 13.2. The fourth-order valence-corrected chi connectivity index (χ4v) is 2.34. The average molecular weight is 302 g/mol. The third-order valence-electron chi connectivity index (χ3n) is 3.50. The molecule has 1 saturated heterocycles. The van der Waals surface area contributed by atoms with E-state index >= 15 is 0 Å². The fraction of sp³-hybridized carbons (Fsp3) is 0.471. The number of rotatable bonds is 6. The Kier molecular flexibility index (Phi) is 6.27. The van der Waals surface area contributed by atoms with Crippen molar-refractivity contribution in [2.45, 2.75) is 6.92 Å². The summed E-state index contributed by atoms with van der Waals surface area (Å²) in [6, 6.07) is 10.9. The van der Waals surface area contributed by atoms with Crippen LogP contribution in [0.25, 0.3) is 0 Å². The van der Waals surface area contributed by atoms with Crippen LogP contribution in [0.3, 0.4) is 0 Å². The maximum atomic E-state index is 12.1. The van der Waals surface area contributed by atoms with Gasteiger partial charge >= 0.3 is 6.03 Å². The molecule has 1 aliphatic rings. The van der Waals surface area contributed by atoms with Crippen LogP contribution in [0.15, 0.2) is 36.4 Å². The van der Waals surface area contributed by atoms with Crippen molar-refractivity contribution in [3.8, 4) is 0 Å². The second kappa shape index (κ2) is 8.44. The van der Waals surface area contributed by atoms with Gasteiger partial charge in [-0.05, 0) is 25.1 Å². The number of urea groups is 1. The number of carbonyl (C=O) groups is 1. The van der Waals surface area contributed by atoms with Crippen LogP contribution in [0.4, 0.5) is 10.5 Å². The van der Waals surface area contributed by atoms with Gasteiger partial charge in [-0.15, -0.1) is 0 Å². The van der Waals surface area contributed by atoms with Crippen molar-refractivity contribution in [3.63, 3.8) is 0 Å². The highest BCUT2D eigenvalue weighted by Gasteiger charge is 2.20. The van der Waals surface area contributed by atoms with E-state index in [1.54, 1.807) is 0 Å². The summed E-state index contributed by atoms with van der Waals surface area (Å²) in [4.78, 5) is 16.2. The molecule has 5 heteroatoms. The van der Waals surface area contributed by atoms with Gasteiger partial charge in [0.1, 0.15) is 0 Å². The average Bonchev–Trinajstić information content (AvgIpc) is 2.55. The number of carbonyl (C=O) groups excluding carboxylic acids is 1. The lowest BCUT2D eigenvalue weighted by Crippen LogP contribution is -2.52. The van der Waals surface area contributed by atoms with Crippen LogP contribution in [0.2, 0.25) is 0 Å². The summed E-state index contributed by atoms with van der Waals surface area (Å²) in [6.45, 7) is 10.4. The van der Waals surface area contributed by atoms with E-state index < -0.39 is 0 Å². The minimum absolute atomic E-state index is 0.0139. The Hall–Kier alpha value is -2.01. The van der Waals surface area contributed by atoms with Crippen LogP contribution in [0.1, 0.15) is 6.92 Å². The van der Waals surface area contributed by atoms with Gasteiger partial charge in [0.05, 0.1) is 13.2 Å². The summed E-state index contributed by atoms with van der Waals surface area (Å²) in [5, 5.41) is 2.89. The van der Waals surface area contributed by atoms with E-state index in [0.29, 0.717) is 19.8 Å². The van der Waals surface area contributed by atoms with Gasteiger partial charge in [0.25, 0.3) is 0 Å². The molecule has 0 atom stereocenters. The predicted octanol–water partition coefficient (Wildman–Crippen LogP) is 1.91. The van der Waals surface area contributed by atoms with Gasteiger partial charge in [0.15, 0.2) is 0 Å². The van der Waals surface area contributed by atoms with Gasteiger partial charge in [-0.3, -0.25) is 0 Å². The van der Waals surface area contributed by atoms with Crippen molar-refractivity contribution in [2.24, 2.45) is 0 Å². The van der Waals surface area contributed by atoms with E-state index in [0.717, 1.165) is 31.8 Å². The van der Waals surface area contributed by atoms with Crippen LogP contribution in [0.5, 0.6) is 0 Å². The molecule has 0 saturated carbocycles. The van der Waals surface area contributed by atoms with Gasteiger partial charge in [0.2, 0.25) is 0 Å². The summed E-state index contributed by atoms with van der Waals surface area (Å²) >= 11 is 0. The molecule has 119 valence electrons. The van der Waals surface area contributed by atoms with E-state index in [4.69, 9.17) is 4.74 Å². The minimum atomic E-state index is -0.0139. The first kappa shape index (κ1) is 16.4. The van der Waals surface area contributed by atoms with Gasteiger partial charge in [-0.25, -0.2) is 4.79 Å². The summed E-state index contributed by atoms with van der Waals surface area (Å²) in [7, 11) is 0. The van der Waals surface area contributed by atoms with Gasteiger partial charge < -0.3 is 19.9 Å². The molecule has 0 spiro atoms. The largest absolute Gasteiger partial charge is 0.375 e. The SMILES string of the molecule is C=C(C)COCCNC(=O)N1CCN(c2cc[c]cc2)CC1. The van der Waals surface area contributed by atoms with Crippen LogP contribution < -0.4 is 10.2 Å². The first-order valence-corrected chi connectivity index (χ1v) is 7.63. The smallest absolute Gasteiger partial charge is 0.317 e. The molecular formula is C17H24N3O2. The van der Waals surface area contributed by atoms with Crippen LogP contribution in [-0.2, 0) is 4.74 Å². The molecule has 1 aromatic carbocycles. The number of nitrogens with one attached hydrogen (secondary N) is 1. The Balaban J connectivity index is 1.66. The number of nitrogens with zero attached hydrogens (tertiary/aromatic N) is 2. The Morgan fingerprint density at radius 2 is 2.00 bits per heavy atom. The lowest BCUT2D eigenvalue weighted by Gasteiger charge is -2.36. The number of benzene rings is 1. The molecule has 0 bridgehead atoms. The molecular weight excluding hydrogens is 278 g/mol. The van der Waals surface area contributed by atoms with E-state index in [1.807, 2.05) is 24.0 Å². The lowest BCUT2D eigenvalue weighted by molar-refractivity contribution is 0.152. The molecule has 1 fully saturated rings. The van der Waals surface area contributed by atoms with Gasteiger partial charge in [-0.1, -0.05) is 24.3 Å². The third-order valence-corrected chi connectivity index (χ3v) is 3.50. The molecule has 1 heterocycles. The third kappa shape index (κ3) is 5.07. The molecule has 0 aliphatic carbocycles. The zero-order chi connectivity index (χ0) is 15.8. The number of anilines is 1. The molecule has 22 heavy (non-hydrogen) atoms. The Morgan fingerprint density at radius 1 is 1.32 bits per heavy atom. The Labute approximate surface area is 132 Å². The standard InChI is InChI=1S/C17H24N3O2/c1-15(2)14-22-13-8-18-17(21)20-11-9-19(10-12-20)16-6-4-3-5-7-16/h4-7H,1,8-14H2,2H3,(H,18,21). The molecule has 1 radical (unpaired) electrons. The molecule has 2 amide bonds. The van der Waals surface area contributed by atoms with Crippen LogP contribution in [-0.4, -0.2) is 56.9 Å². The number of hydrogen-bond donors (Lipinski definition) is 1. The Morgan fingerprint density at radius 3 is 2.64 bits per heavy atom. The number of amides is 2. The summed E-state index contributed by atoms with van der Waals surface area (Å²) in [5.74, 6) is 0. The maximum Gasteiger partial charge on any atom is 0.317 e. The molecule has 0 unspecified atom stereocenters. The van der Waals surface area contributed by atoms with Gasteiger partial charge in [-0.2, -0.15) is 0 Å². The normalized spacial score (nSPS) is 14.8. The Bertz CT molecular complexity index is 482.